The first kappa shape index (κ1) is 29.4. The van der Waals surface area contributed by atoms with E-state index in [9.17, 15) is 14.7 Å². The summed E-state index contributed by atoms with van der Waals surface area (Å²) in [4.78, 5) is 29.8. The number of rotatable bonds is 8. The first-order chi connectivity index (χ1) is 20.3. The highest BCUT2D eigenvalue weighted by molar-refractivity contribution is 6.36. The molecule has 1 saturated heterocycles. The molecule has 2 unspecified atom stereocenters. The molecule has 2 atom stereocenters. The van der Waals surface area contributed by atoms with Gasteiger partial charge in [0, 0.05) is 41.6 Å². The van der Waals surface area contributed by atoms with Gasteiger partial charge < -0.3 is 25.2 Å². The summed E-state index contributed by atoms with van der Waals surface area (Å²) in [5.74, 6) is -0.0655. The summed E-state index contributed by atoms with van der Waals surface area (Å²) in [6.07, 6.45) is 0.167. The zero-order chi connectivity index (χ0) is 29.8. The van der Waals surface area contributed by atoms with Gasteiger partial charge in [0.2, 0.25) is 5.88 Å². The quantitative estimate of drug-likeness (QED) is 0.239. The van der Waals surface area contributed by atoms with Crippen LogP contribution in [0, 0.1) is 13.8 Å². The van der Waals surface area contributed by atoms with Gasteiger partial charge in [-0.1, -0.05) is 48.0 Å². The fourth-order valence-corrected chi connectivity index (χ4v) is 5.32. The van der Waals surface area contributed by atoms with E-state index < -0.39 is 17.6 Å². The third kappa shape index (κ3) is 6.22. The van der Waals surface area contributed by atoms with Gasteiger partial charge in [0.15, 0.2) is 0 Å². The number of methoxy groups -OCH3 is 1. The number of H-pyrrole nitrogens is 1. The Kier molecular flexibility index (Phi) is 8.98. The number of aromatic nitrogens is 3. The van der Waals surface area contributed by atoms with E-state index in [4.69, 9.17) is 26.1 Å². The van der Waals surface area contributed by atoms with E-state index in [0.717, 1.165) is 34.2 Å². The zero-order valence-corrected chi connectivity index (χ0v) is 24.3. The number of aliphatic hydroxyl groups excluding tert-OH is 1. The Labute approximate surface area is 248 Å². The summed E-state index contributed by atoms with van der Waals surface area (Å²) >= 11 is 6.98. The lowest BCUT2D eigenvalue weighted by molar-refractivity contribution is -0.0281. The maximum Gasteiger partial charge on any atom is 0.277 e. The number of aliphatic hydroxyl groups is 1. The fourth-order valence-electron chi connectivity index (χ4n) is 5.00. The molecule has 2 aromatic heterocycles. The molecular weight excluding hydrogens is 558 g/mol. The largest absolute Gasteiger partial charge is 0.481 e. The van der Waals surface area contributed by atoms with Crippen LogP contribution < -0.4 is 20.9 Å². The number of benzene rings is 2. The SMILES string of the molecule is COc1nc(-c2cccc(-c3cccc(NC(=O)c4cc(C)n[nH]c4=O)c3C)c2Cl)ccc1CNC1CCOCC1O. The average molecular weight is 590 g/mol. The Morgan fingerprint density at radius 3 is 2.69 bits per heavy atom. The van der Waals surface area contributed by atoms with Crippen molar-refractivity contribution in [1.82, 2.24) is 20.5 Å². The van der Waals surface area contributed by atoms with Crippen molar-refractivity contribution in [2.45, 2.75) is 39.0 Å². The predicted octanol–water partition coefficient (Wildman–Crippen LogP) is 4.27. The van der Waals surface area contributed by atoms with Crippen molar-refractivity contribution in [3.63, 3.8) is 0 Å². The number of nitrogens with zero attached hydrogens (tertiary/aromatic N) is 2. The van der Waals surface area contributed by atoms with Gasteiger partial charge >= 0.3 is 0 Å². The molecular formula is C31H32ClN5O5. The number of hydrogen-bond donors (Lipinski definition) is 4. The highest BCUT2D eigenvalue weighted by Gasteiger charge is 2.24. The molecule has 0 bridgehead atoms. The molecule has 42 heavy (non-hydrogen) atoms. The molecule has 218 valence electrons. The van der Waals surface area contributed by atoms with E-state index in [0.29, 0.717) is 47.7 Å². The maximum atomic E-state index is 12.9. The smallest absolute Gasteiger partial charge is 0.277 e. The van der Waals surface area contributed by atoms with Crippen molar-refractivity contribution < 1.29 is 19.4 Å². The van der Waals surface area contributed by atoms with Gasteiger partial charge in [-0.15, -0.1) is 0 Å². The van der Waals surface area contributed by atoms with E-state index in [1.807, 2.05) is 49.4 Å². The number of hydrogen-bond acceptors (Lipinski definition) is 8. The Bertz CT molecular complexity index is 1670. The number of pyridine rings is 1. The van der Waals surface area contributed by atoms with Gasteiger partial charge in [-0.05, 0) is 49.6 Å². The molecule has 10 nitrogen and oxygen atoms in total. The van der Waals surface area contributed by atoms with Crippen molar-refractivity contribution in [2.24, 2.45) is 0 Å². The van der Waals surface area contributed by atoms with Crippen LogP contribution in [0.4, 0.5) is 5.69 Å². The van der Waals surface area contributed by atoms with E-state index in [1.165, 1.54) is 6.07 Å². The molecule has 2 aromatic carbocycles. The fraction of sp³-hybridized carbons (Fsp3) is 0.290. The van der Waals surface area contributed by atoms with Crippen LogP contribution in [0.1, 0.15) is 33.6 Å². The van der Waals surface area contributed by atoms with Crippen LogP contribution in [0.15, 0.2) is 59.4 Å². The second kappa shape index (κ2) is 12.8. The lowest BCUT2D eigenvalue weighted by Crippen LogP contribution is -2.46. The lowest BCUT2D eigenvalue weighted by atomic mass is 9.96. The number of halogens is 1. The number of carbonyl (C=O) groups excluding carboxylic acids is 1. The first-order valence-corrected chi connectivity index (χ1v) is 13.9. The van der Waals surface area contributed by atoms with E-state index in [1.54, 1.807) is 20.1 Å². The molecule has 4 aromatic rings. The van der Waals surface area contributed by atoms with Gasteiger partial charge in [-0.25, -0.2) is 10.1 Å². The molecule has 3 heterocycles. The third-order valence-corrected chi connectivity index (χ3v) is 7.74. The van der Waals surface area contributed by atoms with Crippen LogP contribution in [-0.4, -0.2) is 58.7 Å². The minimum atomic E-state index is -0.562. The predicted molar refractivity (Wildman–Crippen MR) is 161 cm³/mol. The molecule has 0 spiro atoms. The second-order valence-electron chi connectivity index (χ2n) is 10.1. The highest BCUT2D eigenvalue weighted by atomic mass is 35.5. The van der Waals surface area contributed by atoms with Crippen LogP contribution in [0.2, 0.25) is 5.02 Å². The van der Waals surface area contributed by atoms with E-state index in [2.05, 4.69) is 20.8 Å². The Morgan fingerprint density at radius 2 is 1.90 bits per heavy atom. The molecule has 1 amide bonds. The van der Waals surface area contributed by atoms with Gasteiger partial charge in [0.25, 0.3) is 11.5 Å². The Hall–Kier alpha value is -4.09. The summed E-state index contributed by atoms with van der Waals surface area (Å²) in [6.45, 7) is 4.99. The van der Waals surface area contributed by atoms with Crippen molar-refractivity contribution in [3.8, 4) is 28.3 Å². The molecule has 5 rings (SSSR count). The normalized spacial score (nSPS) is 16.7. The summed E-state index contributed by atoms with van der Waals surface area (Å²) in [6, 6.07) is 16.4. The van der Waals surface area contributed by atoms with Gasteiger partial charge in [-0.3, -0.25) is 9.59 Å². The molecule has 4 N–H and O–H groups in total. The Morgan fingerprint density at radius 1 is 1.14 bits per heavy atom. The molecule has 1 aliphatic rings. The molecule has 0 radical (unpaired) electrons. The minimum Gasteiger partial charge on any atom is -0.481 e. The number of anilines is 1. The van der Waals surface area contributed by atoms with Crippen molar-refractivity contribution in [2.75, 3.05) is 25.6 Å². The number of aryl methyl sites for hydroxylation is 1. The van der Waals surface area contributed by atoms with Crippen LogP contribution in [0.5, 0.6) is 5.88 Å². The van der Waals surface area contributed by atoms with E-state index >= 15 is 0 Å². The van der Waals surface area contributed by atoms with Gasteiger partial charge in [-0.2, -0.15) is 5.10 Å². The Balaban J connectivity index is 1.41. The highest BCUT2D eigenvalue weighted by Crippen LogP contribution is 2.39. The number of amides is 1. The van der Waals surface area contributed by atoms with Crippen LogP contribution in [-0.2, 0) is 11.3 Å². The monoisotopic (exact) mass is 589 g/mol. The topological polar surface area (TPSA) is 138 Å². The molecule has 11 heteroatoms. The second-order valence-corrected chi connectivity index (χ2v) is 10.5. The van der Waals surface area contributed by atoms with Crippen molar-refractivity contribution >= 4 is 23.2 Å². The minimum absolute atomic E-state index is 0.0186. The summed E-state index contributed by atoms with van der Waals surface area (Å²) < 4.78 is 10.9. The number of carbonyl (C=O) groups is 1. The first-order valence-electron chi connectivity index (χ1n) is 13.6. The molecule has 1 aliphatic heterocycles. The van der Waals surface area contributed by atoms with Crippen molar-refractivity contribution in [3.05, 3.63) is 92.4 Å². The number of nitrogens with one attached hydrogen (secondary N) is 3. The number of aromatic amines is 1. The standard InChI is InChI=1S/C31H32ClN5O5/c1-17-14-23(30(40)37-36-17)29(39)34-24-9-5-6-20(18(24)2)21-7-4-8-22(28(21)32)25-11-10-19(31(35-25)41-3)15-33-26-12-13-42-16-27(26)38/h4-11,14,26-27,33,38H,12-13,15-16H2,1-3H3,(H,34,39)(H,37,40). The maximum absolute atomic E-state index is 12.9. The summed E-state index contributed by atoms with van der Waals surface area (Å²) in [7, 11) is 1.57. The van der Waals surface area contributed by atoms with Crippen LogP contribution >= 0.6 is 11.6 Å². The zero-order valence-electron chi connectivity index (χ0n) is 23.5. The van der Waals surface area contributed by atoms with Crippen LogP contribution in [0.25, 0.3) is 22.4 Å². The molecule has 0 saturated carbocycles. The third-order valence-electron chi connectivity index (χ3n) is 7.34. The van der Waals surface area contributed by atoms with E-state index in [-0.39, 0.29) is 11.6 Å². The average Bonchev–Trinajstić information content (AvgIpc) is 2.99. The number of ether oxygens (including phenoxy) is 2. The van der Waals surface area contributed by atoms with Gasteiger partial charge in [0.05, 0.1) is 36.2 Å². The lowest BCUT2D eigenvalue weighted by Gasteiger charge is -2.28. The van der Waals surface area contributed by atoms with Crippen LogP contribution in [0.3, 0.4) is 0 Å². The molecule has 0 aliphatic carbocycles. The molecule has 1 fully saturated rings. The summed E-state index contributed by atoms with van der Waals surface area (Å²) in [5.41, 5.74) is 5.10. The summed E-state index contributed by atoms with van der Waals surface area (Å²) in [5, 5.41) is 23.1. The van der Waals surface area contributed by atoms with Gasteiger partial charge in [0.1, 0.15) is 5.56 Å². The van der Waals surface area contributed by atoms with Crippen molar-refractivity contribution in [1.29, 1.82) is 0 Å².